The van der Waals surface area contributed by atoms with Crippen LogP contribution in [0, 0.1) is 13.8 Å². The Morgan fingerprint density at radius 2 is 1.92 bits per heavy atom. The lowest BCUT2D eigenvalue weighted by atomic mass is 10.2. The van der Waals surface area contributed by atoms with Crippen molar-refractivity contribution in [2.45, 2.75) is 26.9 Å². The number of nitrogens with zero attached hydrogens (tertiary/aromatic N) is 5. The Labute approximate surface area is 159 Å². The topological polar surface area (TPSA) is 50.9 Å². The van der Waals surface area contributed by atoms with Crippen LogP contribution in [0.5, 0.6) is 0 Å². The van der Waals surface area contributed by atoms with E-state index < -0.39 is 0 Å². The summed E-state index contributed by atoms with van der Waals surface area (Å²) in [5, 5.41) is 12.9. The molecule has 6 nitrogen and oxygen atoms in total. The van der Waals surface area contributed by atoms with Crippen molar-refractivity contribution < 1.29 is 0 Å². The van der Waals surface area contributed by atoms with E-state index in [1.807, 2.05) is 59.5 Å². The molecule has 0 aliphatic rings. The standard InChI is InChI=1S/C19H24N6S/c1-14-18(15(2)25(22-14)12-16-8-6-5-7-9-16)21-19(26)23(3)13-17-10-11-20-24(17)4/h5-11H,12-13H2,1-4H3,(H,21,26). The van der Waals surface area contributed by atoms with Gasteiger partial charge in [-0.3, -0.25) is 9.36 Å². The SMILES string of the molecule is Cc1nn(Cc2ccccc2)c(C)c1NC(=S)N(C)Cc1ccnn1C. The molecule has 0 fully saturated rings. The van der Waals surface area contributed by atoms with E-state index in [1.165, 1.54) is 5.56 Å². The molecule has 0 unspecified atom stereocenters. The van der Waals surface area contributed by atoms with Gasteiger partial charge < -0.3 is 10.2 Å². The van der Waals surface area contributed by atoms with Crippen LogP contribution >= 0.6 is 12.2 Å². The average molecular weight is 369 g/mol. The first-order chi connectivity index (χ1) is 12.5. The zero-order valence-corrected chi connectivity index (χ0v) is 16.4. The van der Waals surface area contributed by atoms with E-state index in [9.17, 15) is 0 Å². The Bertz CT molecular complexity index is 896. The maximum atomic E-state index is 5.58. The summed E-state index contributed by atoms with van der Waals surface area (Å²) in [7, 11) is 3.91. The Morgan fingerprint density at radius 3 is 2.58 bits per heavy atom. The molecule has 0 amide bonds. The van der Waals surface area contributed by atoms with Crippen molar-refractivity contribution in [3.05, 3.63) is 65.2 Å². The third-order valence-corrected chi connectivity index (χ3v) is 4.87. The zero-order chi connectivity index (χ0) is 18.7. The van der Waals surface area contributed by atoms with Crippen LogP contribution < -0.4 is 5.32 Å². The minimum absolute atomic E-state index is 0.664. The second-order valence-corrected chi connectivity index (χ2v) is 6.81. The van der Waals surface area contributed by atoms with Crippen molar-refractivity contribution in [3.8, 4) is 0 Å². The Morgan fingerprint density at radius 1 is 1.19 bits per heavy atom. The second-order valence-electron chi connectivity index (χ2n) is 6.42. The van der Waals surface area contributed by atoms with Crippen molar-refractivity contribution in [2.24, 2.45) is 7.05 Å². The maximum Gasteiger partial charge on any atom is 0.173 e. The molecule has 136 valence electrons. The molecule has 0 radical (unpaired) electrons. The predicted molar refractivity (Wildman–Crippen MR) is 108 cm³/mol. The number of anilines is 1. The van der Waals surface area contributed by atoms with Crippen molar-refractivity contribution in [1.29, 1.82) is 0 Å². The van der Waals surface area contributed by atoms with Crippen LogP contribution in [-0.2, 0) is 20.1 Å². The van der Waals surface area contributed by atoms with E-state index in [2.05, 4.69) is 34.6 Å². The number of thiocarbonyl (C=S) groups is 1. The second kappa shape index (κ2) is 7.70. The van der Waals surface area contributed by atoms with Crippen molar-refractivity contribution in [3.63, 3.8) is 0 Å². The molecule has 2 aromatic heterocycles. The molecule has 3 rings (SSSR count). The number of aromatic nitrogens is 4. The highest BCUT2D eigenvalue weighted by Gasteiger charge is 2.15. The van der Waals surface area contributed by atoms with Gasteiger partial charge in [0, 0.05) is 20.3 Å². The van der Waals surface area contributed by atoms with Crippen molar-refractivity contribution in [2.75, 3.05) is 12.4 Å². The van der Waals surface area contributed by atoms with Gasteiger partial charge in [-0.1, -0.05) is 30.3 Å². The summed E-state index contributed by atoms with van der Waals surface area (Å²) >= 11 is 5.58. The van der Waals surface area contributed by atoms with Crippen LogP contribution in [0.25, 0.3) is 0 Å². The molecular weight excluding hydrogens is 344 g/mol. The van der Waals surface area contributed by atoms with Gasteiger partial charge in [-0.2, -0.15) is 10.2 Å². The van der Waals surface area contributed by atoms with Gasteiger partial charge in [0.25, 0.3) is 0 Å². The predicted octanol–water partition coefficient (Wildman–Crippen LogP) is 3.11. The van der Waals surface area contributed by atoms with Gasteiger partial charge in [0.2, 0.25) is 0 Å². The van der Waals surface area contributed by atoms with Crippen LogP contribution in [0.1, 0.15) is 22.6 Å². The summed E-state index contributed by atoms with van der Waals surface area (Å²) in [5.41, 5.74) is 5.31. The molecule has 0 aliphatic heterocycles. The number of benzene rings is 1. The summed E-state index contributed by atoms with van der Waals surface area (Å²) in [6, 6.07) is 12.3. The normalized spacial score (nSPS) is 10.8. The van der Waals surface area contributed by atoms with E-state index in [-0.39, 0.29) is 0 Å². The molecule has 2 heterocycles. The monoisotopic (exact) mass is 368 g/mol. The van der Waals surface area contributed by atoms with Gasteiger partial charge in [0.1, 0.15) is 0 Å². The molecular formula is C19H24N6S. The Kier molecular flexibility index (Phi) is 5.37. The first-order valence-electron chi connectivity index (χ1n) is 8.52. The van der Waals surface area contributed by atoms with E-state index in [1.54, 1.807) is 6.20 Å². The highest BCUT2D eigenvalue weighted by atomic mass is 32.1. The summed E-state index contributed by atoms with van der Waals surface area (Å²) in [5.74, 6) is 0. The van der Waals surface area contributed by atoms with Gasteiger partial charge in [-0.25, -0.2) is 0 Å². The highest BCUT2D eigenvalue weighted by molar-refractivity contribution is 7.80. The van der Waals surface area contributed by atoms with E-state index in [4.69, 9.17) is 12.2 Å². The van der Waals surface area contributed by atoms with Gasteiger partial charge >= 0.3 is 0 Å². The van der Waals surface area contributed by atoms with Gasteiger partial charge in [-0.15, -0.1) is 0 Å². The van der Waals surface area contributed by atoms with Gasteiger partial charge in [-0.05, 0) is 37.7 Å². The zero-order valence-electron chi connectivity index (χ0n) is 15.6. The molecule has 7 heteroatoms. The van der Waals surface area contributed by atoms with Crippen LogP contribution in [-0.4, -0.2) is 36.6 Å². The first-order valence-corrected chi connectivity index (χ1v) is 8.93. The fourth-order valence-corrected chi connectivity index (χ4v) is 3.03. The van der Waals surface area contributed by atoms with E-state index in [0.717, 1.165) is 29.3 Å². The summed E-state index contributed by atoms with van der Waals surface area (Å²) in [4.78, 5) is 2.00. The minimum Gasteiger partial charge on any atom is -0.346 e. The fraction of sp³-hybridized carbons (Fsp3) is 0.316. The maximum absolute atomic E-state index is 5.58. The molecule has 0 saturated heterocycles. The highest BCUT2D eigenvalue weighted by Crippen LogP contribution is 2.21. The number of hydrogen-bond acceptors (Lipinski definition) is 3. The lowest BCUT2D eigenvalue weighted by Crippen LogP contribution is -2.31. The third-order valence-electron chi connectivity index (χ3n) is 4.46. The van der Waals surface area contributed by atoms with Crippen LogP contribution in [0.3, 0.4) is 0 Å². The number of rotatable bonds is 5. The molecule has 0 spiro atoms. The molecule has 0 aliphatic carbocycles. The van der Waals surface area contributed by atoms with Crippen LogP contribution in [0.4, 0.5) is 5.69 Å². The summed E-state index contributed by atoms with van der Waals surface area (Å²) in [6.07, 6.45) is 1.79. The Hall–Kier alpha value is -2.67. The van der Waals surface area contributed by atoms with Crippen molar-refractivity contribution >= 4 is 23.0 Å². The lowest BCUT2D eigenvalue weighted by molar-refractivity contribution is 0.482. The molecule has 1 N–H and O–H groups in total. The van der Waals surface area contributed by atoms with E-state index >= 15 is 0 Å². The van der Waals surface area contributed by atoms with Crippen LogP contribution in [0.2, 0.25) is 0 Å². The fourth-order valence-electron chi connectivity index (χ4n) is 2.86. The third kappa shape index (κ3) is 3.94. The molecule has 0 atom stereocenters. The first kappa shape index (κ1) is 18.1. The van der Waals surface area contributed by atoms with Gasteiger partial charge in [0.15, 0.2) is 5.11 Å². The van der Waals surface area contributed by atoms with Crippen LogP contribution in [0.15, 0.2) is 42.6 Å². The number of hydrogen-bond donors (Lipinski definition) is 1. The number of nitrogens with one attached hydrogen (secondary N) is 1. The quantitative estimate of drug-likeness (QED) is 0.701. The Balaban J connectivity index is 1.71. The molecule has 1 aromatic carbocycles. The molecule has 3 aromatic rings. The largest absolute Gasteiger partial charge is 0.346 e. The average Bonchev–Trinajstić information content (AvgIpc) is 3.14. The molecule has 26 heavy (non-hydrogen) atoms. The van der Waals surface area contributed by atoms with Gasteiger partial charge in [0.05, 0.1) is 35.9 Å². The summed E-state index contributed by atoms with van der Waals surface area (Å²) in [6.45, 7) is 5.50. The minimum atomic E-state index is 0.664. The van der Waals surface area contributed by atoms with E-state index in [0.29, 0.717) is 11.7 Å². The molecule has 0 bridgehead atoms. The number of aryl methyl sites for hydroxylation is 2. The molecule has 0 saturated carbocycles. The smallest absolute Gasteiger partial charge is 0.173 e. The summed E-state index contributed by atoms with van der Waals surface area (Å²) < 4.78 is 3.87. The lowest BCUT2D eigenvalue weighted by Gasteiger charge is -2.21. The van der Waals surface area contributed by atoms with Crippen molar-refractivity contribution in [1.82, 2.24) is 24.5 Å².